The van der Waals surface area contributed by atoms with Crippen LogP contribution in [0.25, 0.3) is 0 Å². The summed E-state index contributed by atoms with van der Waals surface area (Å²) in [5.41, 5.74) is -0.175. The minimum absolute atomic E-state index is 0.142. The molecule has 0 bridgehead atoms. The minimum atomic E-state index is -1.11. The summed E-state index contributed by atoms with van der Waals surface area (Å²) in [6.07, 6.45) is 0. The molecule has 0 atom stereocenters. The fourth-order valence-corrected chi connectivity index (χ4v) is 2.19. The van der Waals surface area contributed by atoms with Gasteiger partial charge in [-0.2, -0.15) is 0 Å². The van der Waals surface area contributed by atoms with E-state index in [1.165, 1.54) is 0 Å². The summed E-state index contributed by atoms with van der Waals surface area (Å²) in [7, 11) is 0. The maximum absolute atomic E-state index is 11.8. The molecule has 2 aliphatic rings. The molecule has 2 aliphatic heterocycles. The number of hydrogen-bond acceptors (Lipinski definition) is 7. The molecule has 0 unspecified atom stereocenters. The number of cyclic esters (lactones) is 2. The van der Waals surface area contributed by atoms with Crippen LogP contribution in [-0.2, 0) is 23.9 Å². The van der Waals surface area contributed by atoms with Crippen molar-refractivity contribution in [3.05, 3.63) is 22.6 Å². The number of ketones is 1. The molecule has 7 nitrogen and oxygen atoms in total. The topological polar surface area (TPSA) is 93.1 Å². The molecule has 0 aromatic rings. The van der Waals surface area contributed by atoms with E-state index in [1.807, 2.05) is 4.90 Å². The third-order valence-electron chi connectivity index (χ3n) is 3.27. The van der Waals surface area contributed by atoms with Crippen LogP contribution >= 0.6 is 0 Å². The number of aliphatic hydroxyl groups is 1. The van der Waals surface area contributed by atoms with Crippen molar-refractivity contribution >= 4 is 17.7 Å². The highest BCUT2D eigenvalue weighted by molar-refractivity contribution is 6.23. The number of carbonyl (C=O) groups excluding carboxylic acids is 3. The number of rotatable bonds is 2. The molecule has 0 spiro atoms. The van der Waals surface area contributed by atoms with Crippen LogP contribution in [0.1, 0.15) is 13.8 Å². The molecule has 1 N–H and O–H groups in total. The van der Waals surface area contributed by atoms with Crippen LogP contribution in [0.4, 0.5) is 0 Å². The quantitative estimate of drug-likeness (QED) is 0.331. The predicted molar refractivity (Wildman–Crippen MR) is 66.5 cm³/mol. The zero-order chi connectivity index (χ0) is 14.9. The van der Waals surface area contributed by atoms with E-state index in [4.69, 9.17) is 4.74 Å². The van der Waals surface area contributed by atoms with Gasteiger partial charge in [-0.25, -0.2) is 9.59 Å². The van der Waals surface area contributed by atoms with Crippen molar-refractivity contribution in [3.8, 4) is 0 Å². The fraction of sp³-hybridized carbons (Fsp3) is 0.462. The van der Waals surface area contributed by atoms with Gasteiger partial charge in [0.05, 0.1) is 13.2 Å². The van der Waals surface area contributed by atoms with Crippen molar-refractivity contribution in [2.24, 2.45) is 0 Å². The number of morpholine rings is 1. The summed E-state index contributed by atoms with van der Waals surface area (Å²) >= 11 is 0. The Bertz CT molecular complexity index is 539. The lowest BCUT2D eigenvalue weighted by atomic mass is 10.0. The van der Waals surface area contributed by atoms with Crippen LogP contribution in [-0.4, -0.2) is 54.0 Å². The van der Waals surface area contributed by atoms with E-state index in [2.05, 4.69) is 4.74 Å². The lowest BCUT2D eigenvalue weighted by Gasteiger charge is -2.31. The average molecular weight is 281 g/mol. The molecule has 0 radical (unpaired) electrons. The normalized spacial score (nSPS) is 22.8. The zero-order valence-electron chi connectivity index (χ0n) is 11.3. The molecule has 7 heteroatoms. The largest absolute Gasteiger partial charge is 0.506 e. The summed E-state index contributed by atoms with van der Waals surface area (Å²) in [4.78, 5) is 36.5. The zero-order valence-corrected chi connectivity index (χ0v) is 11.3. The van der Waals surface area contributed by atoms with Crippen LogP contribution < -0.4 is 0 Å². The smallest absolute Gasteiger partial charge is 0.353 e. The summed E-state index contributed by atoms with van der Waals surface area (Å²) in [6, 6.07) is 0. The lowest BCUT2D eigenvalue weighted by molar-refractivity contribution is -0.155. The number of allylic oxidation sites excluding steroid dienone is 1. The first-order chi connectivity index (χ1) is 9.43. The van der Waals surface area contributed by atoms with E-state index < -0.39 is 29.1 Å². The van der Waals surface area contributed by atoms with Gasteiger partial charge in [0.2, 0.25) is 0 Å². The van der Waals surface area contributed by atoms with Crippen molar-refractivity contribution in [2.75, 3.05) is 26.3 Å². The second-order valence-electron chi connectivity index (χ2n) is 4.52. The number of nitrogens with zero attached hydrogens (tertiary/aromatic N) is 1. The van der Waals surface area contributed by atoms with Gasteiger partial charge in [-0.15, -0.1) is 0 Å². The van der Waals surface area contributed by atoms with E-state index in [1.54, 1.807) is 6.92 Å². The summed E-state index contributed by atoms with van der Waals surface area (Å²) in [5.74, 6) is -3.31. The molecular weight excluding hydrogens is 266 g/mol. The van der Waals surface area contributed by atoms with Crippen LogP contribution in [0.3, 0.4) is 0 Å². The van der Waals surface area contributed by atoms with Crippen molar-refractivity contribution < 1.29 is 29.0 Å². The van der Waals surface area contributed by atoms with E-state index in [-0.39, 0.29) is 5.57 Å². The monoisotopic (exact) mass is 281 g/mol. The molecule has 0 aromatic carbocycles. The van der Waals surface area contributed by atoms with Gasteiger partial charge in [-0.3, -0.25) is 4.79 Å². The van der Waals surface area contributed by atoms with Gasteiger partial charge >= 0.3 is 11.9 Å². The summed E-state index contributed by atoms with van der Waals surface area (Å²) in [5, 5.41) is 10.1. The van der Waals surface area contributed by atoms with Gasteiger partial charge in [0.1, 0.15) is 16.9 Å². The molecule has 1 saturated heterocycles. The Labute approximate surface area is 115 Å². The Morgan fingerprint density at radius 2 is 1.75 bits per heavy atom. The Hall–Kier alpha value is -2.15. The standard InChI is InChI=1S/C13H15NO6/c1-7(14-3-5-19-6-4-14)9-11(16)10(8(2)15)13(18)20-12(9)17/h16H,3-6H2,1-2H3/b9-7-. The third-order valence-corrected chi connectivity index (χ3v) is 3.27. The first kappa shape index (κ1) is 14.3. The van der Waals surface area contributed by atoms with Crippen LogP contribution in [0.15, 0.2) is 22.6 Å². The van der Waals surface area contributed by atoms with Gasteiger partial charge in [0.25, 0.3) is 0 Å². The first-order valence-corrected chi connectivity index (χ1v) is 6.18. The number of esters is 2. The third kappa shape index (κ3) is 2.44. The molecule has 0 amide bonds. The molecule has 20 heavy (non-hydrogen) atoms. The second-order valence-corrected chi connectivity index (χ2v) is 4.52. The Kier molecular flexibility index (Phi) is 3.89. The lowest BCUT2D eigenvalue weighted by Crippen LogP contribution is -2.37. The predicted octanol–water partition coefficient (Wildman–Crippen LogP) is 0.0771. The molecule has 1 fully saturated rings. The molecule has 0 aliphatic carbocycles. The van der Waals surface area contributed by atoms with Crippen molar-refractivity contribution in [1.82, 2.24) is 4.90 Å². The SMILES string of the molecule is CC(=O)C1=C(O)/C(=C(\C)N2CCOCC2)C(=O)OC1=O. The van der Waals surface area contributed by atoms with E-state index >= 15 is 0 Å². The number of carbonyl (C=O) groups is 3. The molecule has 0 saturated carbocycles. The molecule has 108 valence electrons. The number of aliphatic hydroxyl groups excluding tert-OH is 1. The summed E-state index contributed by atoms with van der Waals surface area (Å²) in [6.45, 7) is 4.87. The molecule has 0 aromatic heterocycles. The number of ether oxygens (including phenoxy) is 2. The number of Topliss-reactive ketones (excluding diaryl/α,β-unsaturated/α-hetero) is 1. The van der Waals surface area contributed by atoms with Gasteiger partial charge in [0.15, 0.2) is 5.78 Å². The Balaban J connectivity index is 2.49. The van der Waals surface area contributed by atoms with Gasteiger partial charge < -0.3 is 19.5 Å². The van der Waals surface area contributed by atoms with Gasteiger partial charge in [-0.1, -0.05) is 0 Å². The Morgan fingerprint density at radius 3 is 2.30 bits per heavy atom. The maximum Gasteiger partial charge on any atom is 0.353 e. The van der Waals surface area contributed by atoms with Gasteiger partial charge in [0, 0.05) is 18.8 Å². The highest BCUT2D eigenvalue weighted by Gasteiger charge is 2.37. The second kappa shape index (κ2) is 5.46. The van der Waals surface area contributed by atoms with E-state index in [0.29, 0.717) is 32.0 Å². The number of hydrogen-bond donors (Lipinski definition) is 1. The maximum atomic E-state index is 11.8. The first-order valence-electron chi connectivity index (χ1n) is 6.18. The van der Waals surface area contributed by atoms with Crippen molar-refractivity contribution in [2.45, 2.75) is 13.8 Å². The van der Waals surface area contributed by atoms with E-state index in [9.17, 15) is 19.5 Å². The van der Waals surface area contributed by atoms with Crippen LogP contribution in [0.2, 0.25) is 0 Å². The molecule has 2 rings (SSSR count). The van der Waals surface area contributed by atoms with Crippen LogP contribution in [0, 0.1) is 0 Å². The van der Waals surface area contributed by atoms with Gasteiger partial charge in [-0.05, 0) is 13.8 Å². The average Bonchev–Trinajstić information content (AvgIpc) is 2.38. The van der Waals surface area contributed by atoms with Crippen molar-refractivity contribution in [1.29, 1.82) is 0 Å². The minimum Gasteiger partial charge on any atom is -0.506 e. The van der Waals surface area contributed by atoms with Crippen molar-refractivity contribution in [3.63, 3.8) is 0 Å². The fourth-order valence-electron chi connectivity index (χ4n) is 2.19. The molecule has 2 heterocycles. The van der Waals surface area contributed by atoms with Crippen LogP contribution in [0.5, 0.6) is 0 Å². The Morgan fingerprint density at radius 1 is 1.15 bits per heavy atom. The summed E-state index contributed by atoms with van der Waals surface area (Å²) < 4.78 is 9.73. The molecular formula is C13H15NO6. The highest BCUT2D eigenvalue weighted by Crippen LogP contribution is 2.26. The highest BCUT2D eigenvalue weighted by atomic mass is 16.6. The van der Waals surface area contributed by atoms with E-state index in [0.717, 1.165) is 6.92 Å².